The van der Waals surface area contributed by atoms with Gasteiger partial charge in [0.1, 0.15) is 4.83 Å². The molecule has 1 aliphatic rings. The molecule has 0 aliphatic carbocycles. The first kappa shape index (κ1) is 15.6. The lowest BCUT2D eigenvalue weighted by molar-refractivity contribution is -0.119. The maximum atomic E-state index is 13.0. The summed E-state index contributed by atoms with van der Waals surface area (Å²) in [7, 11) is 1.61. The Morgan fingerprint density at radius 2 is 1.59 bits per heavy atom. The number of hydrogen-bond acceptors (Lipinski definition) is 3. The Kier molecular flexibility index (Phi) is 4.57. The number of nitrogens with zero attached hydrogens (tertiary/aromatic N) is 1. The van der Waals surface area contributed by atoms with Crippen LogP contribution in [0.4, 0.5) is 11.4 Å². The van der Waals surface area contributed by atoms with E-state index in [4.69, 9.17) is 4.74 Å². The third kappa shape index (κ3) is 2.69. The molecule has 0 radical (unpaired) electrons. The summed E-state index contributed by atoms with van der Waals surface area (Å²) in [5.41, 5.74) is 1.84. The maximum absolute atomic E-state index is 13.0. The van der Waals surface area contributed by atoms with Gasteiger partial charge in [0.05, 0.1) is 17.5 Å². The van der Waals surface area contributed by atoms with Crippen molar-refractivity contribution in [2.75, 3.05) is 12.0 Å². The number of ether oxygens (including phenoxy) is 1. The van der Waals surface area contributed by atoms with Gasteiger partial charge in [0, 0.05) is 16.9 Å². The molecule has 0 bridgehead atoms. The van der Waals surface area contributed by atoms with Crippen molar-refractivity contribution in [1.29, 1.82) is 0 Å². The van der Waals surface area contributed by atoms with Gasteiger partial charge in [-0.3, -0.25) is 9.69 Å². The fraction of sp³-hybridized carbons (Fsp3) is 0.235. The zero-order valence-corrected chi connectivity index (χ0v) is 14.7. The average molecular weight is 378 g/mol. The molecular weight excluding hydrogens is 362 g/mol. The summed E-state index contributed by atoms with van der Waals surface area (Å²) in [5, 5.41) is 0. The smallest absolute Gasteiger partial charge is 0.248 e. The summed E-state index contributed by atoms with van der Waals surface area (Å²) < 4.78 is 5.30. The molecule has 2 aromatic carbocycles. The van der Waals surface area contributed by atoms with E-state index in [1.807, 2.05) is 55.5 Å². The van der Waals surface area contributed by atoms with E-state index in [0.717, 1.165) is 21.2 Å². The van der Waals surface area contributed by atoms with Crippen molar-refractivity contribution in [3.63, 3.8) is 0 Å². The number of halogens is 1. The number of anilines is 2. The molecule has 5 heteroatoms. The second-order valence-electron chi connectivity index (χ2n) is 5.05. The van der Waals surface area contributed by atoms with Crippen molar-refractivity contribution in [2.24, 2.45) is 0 Å². The van der Waals surface area contributed by atoms with Crippen molar-refractivity contribution in [1.82, 2.24) is 0 Å². The van der Waals surface area contributed by atoms with Crippen molar-refractivity contribution < 1.29 is 9.53 Å². The van der Waals surface area contributed by atoms with Gasteiger partial charge in [-0.15, -0.1) is 0 Å². The van der Waals surface area contributed by atoms with Crippen LogP contribution >= 0.6 is 27.7 Å². The Labute approximate surface area is 142 Å². The van der Waals surface area contributed by atoms with Crippen molar-refractivity contribution >= 4 is 45.0 Å². The molecular formula is C17H16BrNO2S. The highest BCUT2D eigenvalue weighted by molar-refractivity contribution is 9.10. The summed E-state index contributed by atoms with van der Waals surface area (Å²) in [6.45, 7) is 1.88. The van der Waals surface area contributed by atoms with E-state index >= 15 is 0 Å². The standard InChI is InChI=1S/C17H16BrNO2S/c1-11(21-2)16(18)17(20)19-12-7-3-5-9-14(12)22-15-10-6-4-8-13(15)19/h3-11,16H,1-2H3. The summed E-state index contributed by atoms with van der Waals surface area (Å²) >= 11 is 5.17. The Morgan fingerprint density at radius 1 is 1.09 bits per heavy atom. The number of fused-ring (bicyclic) bond motifs is 2. The van der Waals surface area contributed by atoms with Crippen LogP contribution in [0.2, 0.25) is 0 Å². The van der Waals surface area contributed by atoms with Crippen LogP contribution < -0.4 is 4.90 Å². The molecule has 22 heavy (non-hydrogen) atoms. The van der Waals surface area contributed by atoms with E-state index < -0.39 is 4.83 Å². The summed E-state index contributed by atoms with van der Waals surface area (Å²) in [6, 6.07) is 15.9. The average Bonchev–Trinajstić information content (AvgIpc) is 2.57. The molecule has 1 heterocycles. The summed E-state index contributed by atoms with van der Waals surface area (Å²) in [6.07, 6.45) is -0.207. The van der Waals surface area contributed by atoms with Crippen molar-refractivity contribution in [3.8, 4) is 0 Å². The lowest BCUT2D eigenvalue weighted by atomic mass is 10.1. The van der Waals surface area contributed by atoms with Crippen molar-refractivity contribution in [3.05, 3.63) is 48.5 Å². The number of methoxy groups -OCH3 is 1. The normalized spacial score (nSPS) is 15.7. The van der Waals surface area contributed by atoms with Crippen LogP contribution in [0, 0.1) is 0 Å². The second-order valence-corrected chi connectivity index (χ2v) is 7.12. The quantitative estimate of drug-likeness (QED) is 0.731. The van der Waals surface area contributed by atoms with Gasteiger partial charge in [0.15, 0.2) is 0 Å². The monoisotopic (exact) mass is 377 g/mol. The predicted molar refractivity (Wildman–Crippen MR) is 93.3 cm³/mol. The largest absolute Gasteiger partial charge is 0.380 e. The first-order valence-corrected chi connectivity index (χ1v) is 8.73. The minimum absolute atomic E-state index is 0.0189. The van der Waals surface area contributed by atoms with E-state index in [1.165, 1.54) is 0 Å². The van der Waals surface area contributed by atoms with Crippen LogP contribution in [0.3, 0.4) is 0 Å². The van der Waals surface area contributed by atoms with Gasteiger partial charge in [0.2, 0.25) is 5.91 Å². The number of benzene rings is 2. The third-order valence-corrected chi connectivity index (χ3v) is 5.94. The maximum Gasteiger partial charge on any atom is 0.248 e. The molecule has 0 N–H and O–H groups in total. The number of hydrogen-bond donors (Lipinski definition) is 0. The fourth-order valence-corrected chi connectivity index (χ4v) is 3.86. The molecule has 0 spiro atoms. The third-order valence-electron chi connectivity index (χ3n) is 3.67. The summed E-state index contributed by atoms with van der Waals surface area (Å²) in [5.74, 6) is -0.0189. The fourth-order valence-electron chi connectivity index (χ4n) is 2.39. The zero-order valence-electron chi connectivity index (χ0n) is 12.3. The van der Waals surface area contributed by atoms with Crippen LogP contribution in [0.5, 0.6) is 0 Å². The van der Waals surface area contributed by atoms with Crippen LogP contribution in [-0.2, 0) is 9.53 Å². The van der Waals surface area contributed by atoms with Gasteiger partial charge in [-0.2, -0.15) is 0 Å². The highest BCUT2D eigenvalue weighted by Crippen LogP contribution is 2.48. The number of carbonyl (C=O) groups excluding carboxylic acids is 1. The molecule has 0 saturated heterocycles. The van der Waals surface area contributed by atoms with Crippen LogP contribution in [0.15, 0.2) is 58.3 Å². The molecule has 3 rings (SSSR count). The lowest BCUT2D eigenvalue weighted by Crippen LogP contribution is -2.40. The molecule has 114 valence electrons. The summed E-state index contributed by atoms with van der Waals surface area (Å²) in [4.78, 5) is 16.6. The van der Waals surface area contributed by atoms with Gasteiger partial charge in [-0.25, -0.2) is 0 Å². The number of carbonyl (C=O) groups is 1. The zero-order chi connectivity index (χ0) is 15.7. The number of rotatable bonds is 3. The van der Waals surface area contributed by atoms with Gasteiger partial charge < -0.3 is 4.74 Å². The van der Waals surface area contributed by atoms with Crippen molar-refractivity contribution in [2.45, 2.75) is 27.6 Å². The molecule has 3 nitrogen and oxygen atoms in total. The number of amides is 1. The van der Waals surface area contributed by atoms with Crippen LogP contribution in [0.25, 0.3) is 0 Å². The SMILES string of the molecule is COC(C)C(Br)C(=O)N1c2ccccc2Sc2ccccc21. The van der Waals surface area contributed by atoms with Gasteiger partial charge in [-0.1, -0.05) is 52.0 Å². The van der Waals surface area contributed by atoms with Gasteiger partial charge in [0.25, 0.3) is 0 Å². The van der Waals surface area contributed by atoms with E-state index in [0.29, 0.717) is 0 Å². The Bertz CT molecular complexity index is 661. The molecule has 0 fully saturated rings. The molecule has 1 amide bonds. The van der Waals surface area contributed by atoms with E-state index in [2.05, 4.69) is 15.9 Å². The van der Waals surface area contributed by atoms with Gasteiger partial charge in [-0.05, 0) is 31.2 Å². The Balaban J connectivity index is 2.08. The van der Waals surface area contributed by atoms with Crippen LogP contribution in [0.1, 0.15) is 6.92 Å². The minimum Gasteiger partial charge on any atom is -0.380 e. The number of alkyl halides is 1. The molecule has 0 aromatic heterocycles. The molecule has 0 saturated carbocycles. The minimum atomic E-state index is -0.401. The molecule has 1 aliphatic heterocycles. The second kappa shape index (κ2) is 6.44. The molecule has 2 unspecified atom stereocenters. The topological polar surface area (TPSA) is 29.5 Å². The highest BCUT2D eigenvalue weighted by Gasteiger charge is 2.33. The first-order chi connectivity index (χ1) is 10.6. The Morgan fingerprint density at radius 3 is 2.09 bits per heavy atom. The lowest BCUT2D eigenvalue weighted by Gasteiger charge is -2.33. The first-order valence-electron chi connectivity index (χ1n) is 7.00. The van der Waals surface area contributed by atoms with Gasteiger partial charge >= 0.3 is 0 Å². The Hall–Kier alpha value is -1.30. The van der Waals surface area contributed by atoms with E-state index in [-0.39, 0.29) is 12.0 Å². The van der Waals surface area contributed by atoms with E-state index in [9.17, 15) is 4.79 Å². The molecule has 2 atom stereocenters. The predicted octanol–water partition coefficient (Wildman–Crippen LogP) is 4.61. The van der Waals surface area contributed by atoms with Crippen LogP contribution in [-0.4, -0.2) is 23.9 Å². The molecule has 2 aromatic rings. The van der Waals surface area contributed by atoms with E-state index in [1.54, 1.807) is 23.8 Å². The number of para-hydroxylation sites is 2. The highest BCUT2D eigenvalue weighted by atomic mass is 79.9.